The molecule has 7 heteroatoms. The molecule has 1 aromatic heterocycles. The third-order valence-electron chi connectivity index (χ3n) is 3.35. The Morgan fingerprint density at radius 3 is 2.91 bits per heavy atom. The number of pyridine rings is 1. The molecule has 1 aliphatic heterocycles. The second-order valence-corrected chi connectivity index (χ2v) is 5.92. The van der Waals surface area contributed by atoms with Crippen molar-refractivity contribution in [3.05, 3.63) is 48.2 Å². The SMILES string of the molecule is O=C(CN1C(=O)c2ccccc2Sc2ncccc21)NCCO. The summed E-state index contributed by atoms with van der Waals surface area (Å²) in [6.45, 7) is -0.102. The van der Waals surface area contributed by atoms with Gasteiger partial charge in [0.1, 0.15) is 11.6 Å². The quantitative estimate of drug-likeness (QED) is 0.883. The first-order valence-corrected chi connectivity index (χ1v) is 7.93. The van der Waals surface area contributed by atoms with Gasteiger partial charge >= 0.3 is 0 Å². The first kappa shape index (κ1) is 15.5. The standard InChI is InChI=1S/C16H15N3O3S/c20-9-8-17-14(21)10-19-12-5-3-7-18-15(12)23-13-6-2-1-4-11(13)16(19)22/h1-7,20H,8-10H2,(H,17,21). The molecule has 0 atom stereocenters. The van der Waals surface area contributed by atoms with Crippen molar-refractivity contribution in [2.75, 3.05) is 24.6 Å². The van der Waals surface area contributed by atoms with Gasteiger partial charge in [-0.15, -0.1) is 0 Å². The zero-order chi connectivity index (χ0) is 16.2. The molecule has 0 bridgehead atoms. The maximum absolute atomic E-state index is 12.9. The number of aliphatic hydroxyl groups is 1. The molecule has 23 heavy (non-hydrogen) atoms. The zero-order valence-electron chi connectivity index (χ0n) is 12.2. The lowest BCUT2D eigenvalue weighted by atomic mass is 10.2. The van der Waals surface area contributed by atoms with Crippen molar-refractivity contribution in [2.24, 2.45) is 0 Å². The molecule has 0 radical (unpaired) electrons. The van der Waals surface area contributed by atoms with Gasteiger partial charge in [0, 0.05) is 17.6 Å². The summed E-state index contributed by atoms with van der Waals surface area (Å²) in [6, 6.07) is 10.8. The van der Waals surface area contributed by atoms with E-state index in [9.17, 15) is 9.59 Å². The first-order chi connectivity index (χ1) is 11.2. The lowest BCUT2D eigenvalue weighted by Gasteiger charge is -2.21. The molecule has 2 amide bonds. The number of carbonyl (C=O) groups is 2. The Morgan fingerprint density at radius 1 is 1.26 bits per heavy atom. The number of carbonyl (C=O) groups excluding carboxylic acids is 2. The maximum Gasteiger partial charge on any atom is 0.259 e. The van der Waals surface area contributed by atoms with E-state index in [4.69, 9.17) is 5.11 Å². The normalized spacial score (nSPS) is 13.1. The van der Waals surface area contributed by atoms with Crippen LogP contribution in [0.3, 0.4) is 0 Å². The molecule has 1 aliphatic rings. The van der Waals surface area contributed by atoms with E-state index in [2.05, 4.69) is 10.3 Å². The summed E-state index contributed by atoms with van der Waals surface area (Å²) >= 11 is 1.41. The topological polar surface area (TPSA) is 82.5 Å². The molecule has 0 aliphatic carbocycles. The molecule has 0 saturated heterocycles. The van der Waals surface area contributed by atoms with E-state index in [1.54, 1.807) is 30.5 Å². The number of nitrogens with zero attached hydrogens (tertiary/aromatic N) is 2. The molecule has 3 rings (SSSR count). The van der Waals surface area contributed by atoms with Gasteiger partial charge in [0.2, 0.25) is 5.91 Å². The van der Waals surface area contributed by atoms with Crippen molar-refractivity contribution in [2.45, 2.75) is 9.92 Å². The first-order valence-electron chi connectivity index (χ1n) is 7.12. The van der Waals surface area contributed by atoms with Gasteiger partial charge in [0.25, 0.3) is 5.91 Å². The Kier molecular flexibility index (Phi) is 4.59. The van der Waals surface area contributed by atoms with Crippen molar-refractivity contribution in [3.63, 3.8) is 0 Å². The van der Waals surface area contributed by atoms with Crippen LogP contribution in [-0.2, 0) is 4.79 Å². The minimum Gasteiger partial charge on any atom is -0.395 e. The zero-order valence-corrected chi connectivity index (χ0v) is 13.0. The molecule has 2 N–H and O–H groups in total. The molecule has 0 fully saturated rings. The Morgan fingerprint density at radius 2 is 2.09 bits per heavy atom. The molecule has 2 heterocycles. The van der Waals surface area contributed by atoms with E-state index in [1.807, 2.05) is 12.1 Å². The van der Waals surface area contributed by atoms with Gasteiger partial charge in [-0.1, -0.05) is 23.9 Å². The van der Waals surface area contributed by atoms with E-state index in [-0.39, 0.29) is 31.5 Å². The summed E-state index contributed by atoms with van der Waals surface area (Å²) in [5.41, 5.74) is 1.16. The van der Waals surface area contributed by atoms with E-state index in [1.165, 1.54) is 16.7 Å². The second kappa shape index (κ2) is 6.80. The number of anilines is 1. The molecular formula is C16H15N3O3S. The number of hydrogen-bond donors (Lipinski definition) is 2. The van der Waals surface area contributed by atoms with Gasteiger partial charge in [0.05, 0.1) is 17.9 Å². The number of benzene rings is 1. The monoisotopic (exact) mass is 329 g/mol. The van der Waals surface area contributed by atoms with E-state index in [0.717, 1.165) is 4.90 Å². The molecule has 1 aromatic carbocycles. The van der Waals surface area contributed by atoms with Crippen LogP contribution in [-0.4, -0.2) is 41.6 Å². The average molecular weight is 329 g/mol. The predicted octanol–water partition coefficient (Wildman–Crippen LogP) is 1.30. The largest absolute Gasteiger partial charge is 0.395 e. The summed E-state index contributed by atoms with van der Waals surface area (Å²) in [7, 11) is 0. The second-order valence-electron chi connectivity index (χ2n) is 4.89. The minimum absolute atomic E-state index is 0.119. The van der Waals surface area contributed by atoms with Gasteiger partial charge in [-0.2, -0.15) is 0 Å². The van der Waals surface area contributed by atoms with Crippen LogP contribution in [0.5, 0.6) is 0 Å². The summed E-state index contributed by atoms with van der Waals surface area (Å²) in [5.74, 6) is -0.564. The number of hydrogen-bond acceptors (Lipinski definition) is 5. The third-order valence-corrected chi connectivity index (χ3v) is 4.43. The fourth-order valence-corrected chi connectivity index (χ4v) is 3.33. The number of aromatic nitrogens is 1. The highest BCUT2D eigenvalue weighted by Gasteiger charge is 2.29. The van der Waals surface area contributed by atoms with Crippen LogP contribution in [0.25, 0.3) is 0 Å². The molecule has 2 aromatic rings. The van der Waals surface area contributed by atoms with Crippen LogP contribution in [0.2, 0.25) is 0 Å². The number of aliphatic hydroxyl groups excluding tert-OH is 1. The fourth-order valence-electron chi connectivity index (χ4n) is 2.31. The smallest absolute Gasteiger partial charge is 0.259 e. The van der Waals surface area contributed by atoms with Gasteiger partial charge in [-0.05, 0) is 24.3 Å². The van der Waals surface area contributed by atoms with Crippen LogP contribution in [0.1, 0.15) is 10.4 Å². The van der Waals surface area contributed by atoms with Crippen LogP contribution in [0.4, 0.5) is 5.69 Å². The summed E-state index contributed by atoms with van der Waals surface area (Å²) < 4.78 is 0. The van der Waals surface area contributed by atoms with Crippen molar-refractivity contribution in [1.29, 1.82) is 0 Å². The summed E-state index contributed by atoms with van der Waals surface area (Å²) in [4.78, 5) is 31.4. The molecule has 118 valence electrons. The summed E-state index contributed by atoms with van der Waals surface area (Å²) in [5, 5.41) is 12.0. The van der Waals surface area contributed by atoms with Crippen molar-refractivity contribution >= 4 is 29.3 Å². The highest BCUT2D eigenvalue weighted by Crippen LogP contribution is 2.39. The van der Waals surface area contributed by atoms with Gasteiger partial charge < -0.3 is 10.4 Å². The van der Waals surface area contributed by atoms with E-state index < -0.39 is 0 Å². The van der Waals surface area contributed by atoms with Crippen molar-refractivity contribution < 1.29 is 14.7 Å². The number of nitrogens with one attached hydrogen (secondary N) is 1. The lowest BCUT2D eigenvalue weighted by molar-refractivity contribution is -0.119. The Hall–Kier alpha value is -2.38. The van der Waals surface area contributed by atoms with Crippen LogP contribution in [0.15, 0.2) is 52.5 Å². The van der Waals surface area contributed by atoms with Crippen molar-refractivity contribution in [1.82, 2.24) is 10.3 Å². The molecule has 0 unspecified atom stereocenters. The lowest BCUT2D eigenvalue weighted by Crippen LogP contribution is -2.41. The molecule has 0 spiro atoms. The number of amides is 2. The van der Waals surface area contributed by atoms with Crippen molar-refractivity contribution in [3.8, 4) is 0 Å². The fraction of sp³-hybridized carbons (Fsp3) is 0.188. The van der Waals surface area contributed by atoms with Gasteiger partial charge in [-0.3, -0.25) is 14.5 Å². The third kappa shape index (κ3) is 3.20. The molecular weight excluding hydrogens is 314 g/mol. The van der Waals surface area contributed by atoms with Gasteiger partial charge in [0.15, 0.2) is 0 Å². The minimum atomic E-state index is -0.327. The molecule has 0 saturated carbocycles. The average Bonchev–Trinajstić information content (AvgIpc) is 2.69. The highest BCUT2D eigenvalue weighted by molar-refractivity contribution is 7.99. The Bertz CT molecular complexity index is 751. The highest BCUT2D eigenvalue weighted by atomic mass is 32.2. The van der Waals surface area contributed by atoms with Crippen LogP contribution in [0, 0.1) is 0 Å². The van der Waals surface area contributed by atoms with Crippen LogP contribution < -0.4 is 10.2 Å². The Labute approximate surface area is 137 Å². The van der Waals surface area contributed by atoms with Gasteiger partial charge in [-0.25, -0.2) is 4.98 Å². The molecule has 6 nitrogen and oxygen atoms in total. The number of rotatable bonds is 4. The van der Waals surface area contributed by atoms with E-state index in [0.29, 0.717) is 16.3 Å². The maximum atomic E-state index is 12.9. The summed E-state index contributed by atoms with van der Waals surface area (Å²) in [6.07, 6.45) is 1.66. The van der Waals surface area contributed by atoms with E-state index >= 15 is 0 Å². The number of fused-ring (bicyclic) bond motifs is 2. The Balaban J connectivity index is 1.99. The predicted molar refractivity (Wildman–Crippen MR) is 86.6 cm³/mol. The van der Waals surface area contributed by atoms with Crippen LogP contribution >= 0.6 is 11.8 Å².